The standard InChI is InChI=1S/C11H11NO6/c1-2-15-11(14)18-6-17-10(13)8-5-9-7(12-8)3-4-16-9/h3-5,12H,2,6H2,1H3. The summed E-state index contributed by atoms with van der Waals surface area (Å²) in [7, 11) is 0. The fourth-order valence-electron chi connectivity index (χ4n) is 1.33. The number of H-pyrrole nitrogens is 1. The summed E-state index contributed by atoms with van der Waals surface area (Å²) >= 11 is 0. The highest BCUT2D eigenvalue weighted by Crippen LogP contribution is 2.16. The van der Waals surface area contributed by atoms with Gasteiger partial charge in [0.05, 0.1) is 18.4 Å². The van der Waals surface area contributed by atoms with E-state index in [4.69, 9.17) is 9.15 Å². The van der Waals surface area contributed by atoms with Gasteiger partial charge in [-0.2, -0.15) is 0 Å². The van der Waals surface area contributed by atoms with Crippen molar-refractivity contribution in [1.82, 2.24) is 4.98 Å². The number of rotatable bonds is 4. The minimum atomic E-state index is -0.884. The summed E-state index contributed by atoms with van der Waals surface area (Å²) in [5.41, 5.74) is 1.46. The van der Waals surface area contributed by atoms with Crippen molar-refractivity contribution in [1.29, 1.82) is 0 Å². The molecule has 7 nitrogen and oxygen atoms in total. The molecule has 2 aromatic heterocycles. The highest BCUT2D eigenvalue weighted by Gasteiger charge is 2.13. The maximum atomic E-state index is 11.5. The summed E-state index contributed by atoms with van der Waals surface area (Å²) < 4.78 is 18.8. The Bertz CT molecular complexity index is 526. The minimum absolute atomic E-state index is 0.194. The predicted molar refractivity (Wildman–Crippen MR) is 59.0 cm³/mol. The number of ether oxygens (including phenoxy) is 3. The van der Waals surface area contributed by atoms with E-state index in [-0.39, 0.29) is 12.3 Å². The maximum absolute atomic E-state index is 11.5. The third-order valence-electron chi connectivity index (χ3n) is 2.09. The molecule has 2 rings (SSSR count). The van der Waals surface area contributed by atoms with Gasteiger partial charge < -0.3 is 23.6 Å². The van der Waals surface area contributed by atoms with E-state index in [1.165, 1.54) is 12.3 Å². The first kappa shape index (κ1) is 12.0. The van der Waals surface area contributed by atoms with Crippen molar-refractivity contribution in [3.63, 3.8) is 0 Å². The van der Waals surface area contributed by atoms with Crippen molar-refractivity contribution in [3.8, 4) is 0 Å². The van der Waals surface area contributed by atoms with E-state index >= 15 is 0 Å². The van der Waals surface area contributed by atoms with Crippen LogP contribution in [0, 0.1) is 0 Å². The maximum Gasteiger partial charge on any atom is 0.511 e. The molecule has 0 atom stereocenters. The predicted octanol–water partition coefficient (Wildman–Crippen LogP) is 2.05. The van der Waals surface area contributed by atoms with Gasteiger partial charge in [-0.3, -0.25) is 0 Å². The van der Waals surface area contributed by atoms with Gasteiger partial charge in [0.2, 0.25) is 6.79 Å². The van der Waals surface area contributed by atoms with E-state index in [9.17, 15) is 9.59 Å². The van der Waals surface area contributed by atoms with E-state index < -0.39 is 18.9 Å². The molecule has 0 unspecified atom stereocenters. The molecule has 0 bridgehead atoms. The quantitative estimate of drug-likeness (QED) is 0.662. The summed E-state index contributed by atoms with van der Waals surface area (Å²) in [6, 6.07) is 3.18. The molecule has 0 aliphatic rings. The fourth-order valence-corrected chi connectivity index (χ4v) is 1.33. The second kappa shape index (κ2) is 5.26. The number of hydrogen-bond donors (Lipinski definition) is 1. The first-order valence-corrected chi connectivity index (χ1v) is 5.23. The van der Waals surface area contributed by atoms with Crippen LogP contribution in [0.2, 0.25) is 0 Å². The van der Waals surface area contributed by atoms with Crippen molar-refractivity contribution in [2.45, 2.75) is 6.92 Å². The largest absolute Gasteiger partial charge is 0.511 e. The summed E-state index contributed by atoms with van der Waals surface area (Å²) in [4.78, 5) is 25.1. The van der Waals surface area contributed by atoms with Crippen LogP contribution in [0.15, 0.2) is 22.8 Å². The van der Waals surface area contributed by atoms with Gasteiger partial charge in [0, 0.05) is 12.1 Å². The van der Waals surface area contributed by atoms with Crippen LogP contribution in [0.3, 0.4) is 0 Å². The van der Waals surface area contributed by atoms with Crippen LogP contribution < -0.4 is 0 Å². The van der Waals surface area contributed by atoms with E-state index in [1.807, 2.05) is 0 Å². The molecule has 7 heteroatoms. The van der Waals surface area contributed by atoms with E-state index in [0.717, 1.165) is 0 Å². The molecule has 0 saturated carbocycles. The number of fused-ring (bicyclic) bond motifs is 1. The highest BCUT2D eigenvalue weighted by atomic mass is 16.8. The second-order valence-corrected chi connectivity index (χ2v) is 3.26. The third-order valence-corrected chi connectivity index (χ3v) is 2.09. The van der Waals surface area contributed by atoms with Gasteiger partial charge in [-0.15, -0.1) is 0 Å². The highest BCUT2D eigenvalue weighted by molar-refractivity contribution is 5.93. The van der Waals surface area contributed by atoms with Crippen molar-refractivity contribution in [2.24, 2.45) is 0 Å². The summed E-state index contributed by atoms with van der Waals surface area (Å²) in [5, 5.41) is 0. The van der Waals surface area contributed by atoms with E-state index in [2.05, 4.69) is 14.5 Å². The third kappa shape index (κ3) is 2.62. The number of carbonyl (C=O) groups excluding carboxylic acids is 2. The smallest absolute Gasteiger partial charge is 0.463 e. The van der Waals surface area contributed by atoms with Crippen molar-refractivity contribution in [3.05, 3.63) is 24.1 Å². The van der Waals surface area contributed by atoms with Gasteiger partial charge >= 0.3 is 12.1 Å². The molecule has 0 fully saturated rings. The zero-order chi connectivity index (χ0) is 13.0. The van der Waals surface area contributed by atoms with Gasteiger partial charge in [0.1, 0.15) is 5.69 Å². The Labute approximate surface area is 102 Å². The lowest BCUT2D eigenvalue weighted by Gasteiger charge is -2.04. The molecule has 1 N–H and O–H groups in total. The summed E-state index contributed by atoms with van der Waals surface area (Å²) in [6.07, 6.45) is 0.616. The van der Waals surface area contributed by atoms with E-state index in [0.29, 0.717) is 11.1 Å². The number of hydrogen-bond acceptors (Lipinski definition) is 6. The minimum Gasteiger partial charge on any atom is -0.463 e. The molecule has 0 aliphatic carbocycles. The number of carbonyl (C=O) groups is 2. The SMILES string of the molecule is CCOC(=O)OCOC(=O)c1cc2occc2[nH]1. The molecular formula is C11H11NO6. The average molecular weight is 253 g/mol. The fraction of sp³-hybridized carbons (Fsp3) is 0.273. The number of esters is 1. The summed E-state index contributed by atoms with van der Waals surface area (Å²) in [6.45, 7) is 1.33. The normalized spacial score (nSPS) is 10.3. The first-order valence-electron chi connectivity index (χ1n) is 5.23. The van der Waals surface area contributed by atoms with Crippen LogP contribution in [0.5, 0.6) is 0 Å². The van der Waals surface area contributed by atoms with Crippen molar-refractivity contribution >= 4 is 23.2 Å². The van der Waals surface area contributed by atoms with Crippen LogP contribution in [0.25, 0.3) is 11.1 Å². The summed E-state index contributed by atoms with van der Waals surface area (Å²) in [5.74, 6) is -0.648. The zero-order valence-electron chi connectivity index (χ0n) is 9.60. The molecular weight excluding hydrogens is 242 g/mol. The van der Waals surface area contributed by atoms with Crippen LogP contribution in [0.4, 0.5) is 4.79 Å². The molecule has 0 saturated heterocycles. The van der Waals surface area contributed by atoms with Crippen LogP contribution >= 0.6 is 0 Å². The van der Waals surface area contributed by atoms with Crippen molar-refractivity contribution < 1.29 is 28.2 Å². The number of aromatic amines is 1. The number of nitrogens with one attached hydrogen (secondary N) is 1. The Morgan fingerprint density at radius 2 is 2.17 bits per heavy atom. The average Bonchev–Trinajstić information content (AvgIpc) is 2.89. The molecule has 0 spiro atoms. The van der Waals surface area contributed by atoms with Crippen LogP contribution in [0.1, 0.15) is 17.4 Å². The Morgan fingerprint density at radius 1 is 1.33 bits per heavy atom. The Kier molecular flexibility index (Phi) is 3.52. The van der Waals surface area contributed by atoms with Crippen LogP contribution in [-0.4, -0.2) is 30.5 Å². The molecule has 2 aromatic rings. The molecule has 0 amide bonds. The Morgan fingerprint density at radius 3 is 2.89 bits per heavy atom. The van der Waals surface area contributed by atoms with Gasteiger partial charge in [0.15, 0.2) is 5.58 Å². The van der Waals surface area contributed by atoms with Gasteiger partial charge in [-0.25, -0.2) is 9.59 Å². The molecule has 0 radical (unpaired) electrons. The molecule has 0 aliphatic heterocycles. The van der Waals surface area contributed by atoms with Crippen LogP contribution in [-0.2, 0) is 14.2 Å². The van der Waals surface area contributed by atoms with Gasteiger partial charge in [-0.1, -0.05) is 0 Å². The van der Waals surface area contributed by atoms with Gasteiger partial charge in [0.25, 0.3) is 0 Å². The number of aromatic nitrogens is 1. The lowest BCUT2D eigenvalue weighted by atomic mass is 10.4. The monoisotopic (exact) mass is 253 g/mol. The van der Waals surface area contributed by atoms with Crippen molar-refractivity contribution in [2.75, 3.05) is 13.4 Å². The topological polar surface area (TPSA) is 90.8 Å². The number of furan rings is 1. The van der Waals surface area contributed by atoms with Gasteiger partial charge in [-0.05, 0) is 6.92 Å². The van der Waals surface area contributed by atoms with E-state index in [1.54, 1.807) is 13.0 Å². The molecule has 18 heavy (non-hydrogen) atoms. The lowest BCUT2D eigenvalue weighted by Crippen LogP contribution is -2.14. The Hall–Kier alpha value is -2.44. The molecule has 2 heterocycles. The lowest BCUT2D eigenvalue weighted by molar-refractivity contribution is -0.0265. The molecule has 96 valence electrons. The molecule has 0 aromatic carbocycles. The second-order valence-electron chi connectivity index (χ2n) is 3.26. The first-order chi connectivity index (χ1) is 8.70. The Balaban J connectivity index is 1.85. The zero-order valence-corrected chi connectivity index (χ0v) is 9.60.